The second-order valence-corrected chi connectivity index (χ2v) is 10.8. The molecule has 0 aliphatic carbocycles. The van der Waals surface area contributed by atoms with Gasteiger partial charge in [-0.15, -0.1) is 0 Å². The zero-order valence-corrected chi connectivity index (χ0v) is 25.0. The maximum absolute atomic E-state index is 2.56. The maximum Gasteiger partial charge on any atom is 0.185 e. The van der Waals surface area contributed by atoms with Crippen LogP contribution in [0.25, 0.3) is 0 Å². The van der Waals surface area contributed by atoms with Crippen LogP contribution in [0.5, 0.6) is 0 Å². The predicted molar refractivity (Wildman–Crippen MR) is 168 cm³/mol. The van der Waals surface area contributed by atoms with Crippen LogP contribution in [0.3, 0.4) is 0 Å². The van der Waals surface area contributed by atoms with Crippen molar-refractivity contribution in [1.29, 1.82) is 0 Å². The molecule has 0 radical (unpaired) electrons. The predicted octanol–water partition coefficient (Wildman–Crippen LogP) is 10.4. The van der Waals surface area contributed by atoms with Crippen LogP contribution in [0.1, 0.15) is 127 Å². The lowest BCUT2D eigenvalue weighted by Gasteiger charge is -2.11. The highest BCUT2D eigenvalue weighted by molar-refractivity contribution is 5.26. The summed E-state index contributed by atoms with van der Waals surface area (Å²) in [7, 11) is 0. The molecule has 1 heteroatoms. The molecule has 2 rings (SSSR count). The highest BCUT2D eigenvalue weighted by Crippen LogP contribution is 2.15. The van der Waals surface area contributed by atoms with Crippen LogP contribution < -0.4 is 4.57 Å². The largest absolute Gasteiger partial charge is 0.198 e. The van der Waals surface area contributed by atoms with Gasteiger partial charge < -0.3 is 0 Å². The highest BCUT2D eigenvalue weighted by Gasteiger charge is 2.18. The van der Waals surface area contributed by atoms with Crippen molar-refractivity contribution in [3.8, 4) is 0 Å². The van der Waals surface area contributed by atoms with Crippen molar-refractivity contribution in [2.45, 2.75) is 130 Å². The lowest BCUT2D eigenvalue weighted by atomic mass is 10.0. The molecule has 0 N–H and O–H groups in total. The van der Waals surface area contributed by atoms with E-state index in [0.29, 0.717) is 0 Å². The van der Waals surface area contributed by atoms with Crippen molar-refractivity contribution in [1.82, 2.24) is 0 Å². The van der Waals surface area contributed by atoms with Gasteiger partial charge in [-0.3, -0.25) is 0 Å². The zero-order valence-electron chi connectivity index (χ0n) is 25.0. The molecule has 0 saturated carbocycles. The maximum atomic E-state index is 2.56. The van der Waals surface area contributed by atoms with Gasteiger partial charge in [-0.1, -0.05) is 126 Å². The summed E-state index contributed by atoms with van der Waals surface area (Å²) in [6.07, 6.45) is 36.6. The van der Waals surface area contributed by atoms with E-state index in [2.05, 4.69) is 104 Å². The quantitative estimate of drug-likeness (QED) is 0.0886. The molecule has 2 aromatic rings. The van der Waals surface area contributed by atoms with Crippen LogP contribution in [-0.4, -0.2) is 0 Å². The molecular formula is C37H56N+. The molecule has 0 atom stereocenters. The van der Waals surface area contributed by atoms with E-state index in [1.54, 1.807) is 0 Å². The summed E-state index contributed by atoms with van der Waals surface area (Å²) < 4.78 is 2.56. The number of pyridine rings is 1. The second kappa shape index (κ2) is 21.5. The molecule has 0 spiro atoms. The van der Waals surface area contributed by atoms with Gasteiger partial charge in [-0.2, -0.15) is 4.57 Å². The Balaban J connectivity index is 2.26. The number of benzene rings is 1. The van der Waals surface area contributed by atoms with Gasteiger partial charge in [-0.25, -0.2) is 0 Å². The molecule has 208 valence electrons. The van der Waals surface area contributed by atoms with E-state index in [1.807, 2.05) is 0 Å². The van der Waals surface area contributed by atoms with Crippen molar-refractivity contribution >= 4 is 0 Å². The molecule has 0 amide bonds. The summed E-state index contributed by atoms with van der Waals surface area (Å²) in [4.78, 5) is 0. The Hall–Kier alpha value is -2.41. The fourth-order valence-electron chi connectivity index (χ4n) is 4.98. The van der Waals surface area contributed by atoms with E-state index in [0.717, 1.165) is 32.2 Å². The van der Waals surface area contributed by atoms with Gasteiger partial charge in [0.1, 0.15) is 0 Å². The van der Waals surface area contributed by atoms with E-state index in [9.17, 15) is 0 Å². The Morgan fingerprint density at radius 2 is 1.13 bits per heavy atom. The third-order valence-corrected chi connectivity index (χ3v) is 7.26. The van der Waals surface area contributed by atoms with Crippen LogP contribution in [0.2, 0.25) is 0 Å². The van der Waals surface area contributed by atoms with Gasteiger partial charge >= 0.3 is 0 Å². The van der Waals surface area contributed by atoms with E-state index in [1.165, 1.54) is 99.4 Å². The molecule has 1 aromatic carbocycles. The van der Waals surface area contributed by atoms with Crippen molar-refractivity contribution in [3.05, 3.63) is 101 Å². The summed E-state index contributed by atoms with van der Waals surface area (Å²) in [5, 5.41) is 0. The molecule has 1 heterocycles. The Kier molecular flexibility index (Phi) is 18.0. The third kappa shape index (κ3) is 13.9. The molecule has 1 aromatic heterocycles. The lowest BCUT2D eigenvalue weighted by molar-refractivity contribution is -0.696. The second-order valence-electron chi connectivity index (χ2n) is 10.8. The van der Waals surface area contributed by atoms with E-state index >= 15 is 0 Å². The summed E-state index contributed by atoms with van der Waals surface area (Å²) in [6.45, 7) is 7.78. The van der Waals surface area contributed by atoms with Crippen molar-refractivity contribution in [2.75, 3.05) is 0 Å². The van der Waals surface area contributed by atoms with Crippen molar-refractivity contribution < 1.29 is 4.57 Å². The molecule has 0 unspecified atom stereocenters. The minimum Gasteiger partial charge on any atom is -0.198 e. The number of nitrogens with zero attached hydrogens (tertiary/aromatic N) is 1. The number of hydrogen-bond donors (Lipinski definition) is 0. The first-order valence-corrected chi connectivity index (χ1v) is 15.8. The van der Waals surface area contributed by atoms with E-state index in [4.69, 9.17) is 0 Å². The minimum atomic E-state index is 0.942. The van der Waals surface area contributed by atoms with Gasteiger partial charge in [0.15, 0.2) is 18.4 Å². The molecule has 0 saturated heterocycles. The van der Waals surface area contributed by atoms with Gasteiger partial charge in [0.25, 0.3) is 0 Å². The summed E-state index contributed by atoms with van der Waals surface area (Å²) in [5.74, 6) is 0. The number of unbranched alkanes of at least 4 members (excludes halogenated alkanes) is 9. The van der Waals surface area contributed by atoms with Crippen LogP contribution in [-0.2, 0) is 25.8 Å². The Morgan fingerprint density at radius 3 is 1.74 bits per heavy atom. The first-order chi connectivity index (χ1) is 18.8. The monoisotopic (exact) mass is 514 g/mol. The molecule has 1 nitrogen and oxygen atoms in total. The van der Waals surface area contributed by atoms with E-state index < -0.39 is 0 Å². The van der Waals surface area contributed by atoms with Crippen LogP contribution in [0, 0.1) is 0 Å². The first-order valence-electron chi connectivity index (χ1n) is 15.8. The lowest BCUT2D eigenvalue weighted by Crippen LogP contribution is -2.40. The summed E-state index contributed by atoms with van der Waals surface area (Å²) >= 11 is 0. The Bertz CT molecular complexity index is 935. The summed E-state index contributed by atoms with van der Waals surface area (Å²) in [6, 6.07) is 13.5. The number of allylic oxidation sites excluding steroid dienone is 6. The molecule has 0 fully saturated rings. The average Bonchev–Trinajstić information content (AvgIpc) is 2.93. The van der Waals surface area contributed by atoms with Crippen LogP contribution in [0.4, 0.5) is 0 Å². The standard InChI is InChI=1S/C37H56N/c1-4-7-10-13-16-19-25-30-37-36(29-24-18-15-12-9-6-3)31-35(28-21-17-14-11-8-5-2)33-38(37)32-34-26-22-20-23-27-34/h16-24,26-27,31,33H,4-15,25,28-30,32H2,1-3H3/q+1/b19-16-,21-17+,24-18+. The van der Waals surface area contributed by atoms with Gasteiger partial charge in [0.05, 0.1) is 0 Å². The van der Waals surface area contributed by atoms with Gasteiger partial charge in [0, 0.05) is 23.1 Å². The zero-order chi connectivity index (χ0) is 27.1. The van der Waals surface area contributed by atoms with Crippen LogP contribution >= 0.6 is 0 Å². The van der Waals surface area contributed by atoms with Gasteiger partial charge in [-0.05, 0) is 63.9 Å². The first kappa shape index (κ1) is 31.8. The SMILES string of the molecule is CCCCC/C=C\CCc1c(C/C=C/CCCCC)cc(C/C=C/CCCCC)c[n+]1Cc1ccccc1. The highest BCUT2D eigenvalue weighted by atomic mass is 15.0. The van der Waals surface area contributed by atoms with Gasteiger partial charge in [0.2, 0.25) is 0 Å². The molecular weight excluding hydrogens is 458 g/mol. The normalized spacial score (nSPS) is 12.0. The fraction of sp³-hybridized carbons (Fsp3) is 0.541. The number of rotatable bonds is 21. The fourth-order valence-corrected chi connectivity index (χ4v) is 4.98. The van der Waals surface area contributed by atoms with E-state index in [-0.39, 0.29) is 0 Å². The molecule has 38 heavy (non-hydrogen) atoms. The topological polar surface area (TPSA) is 3.88 Å². The molecule has 0 aliphatic heterocycles. The smallest absolute Gasteiger partial charge is 0.185 e. The average molecular weight is 515 g/mol. The van der Waals surface area contributed by atoms with Crippen LogP contribution in [0.15, 0.2) is 79.1 Å². The van der Waals surface area contributed by atoms with Crippen molar-refractivity contribution in [3.63, 3.8) is 0 Å². The Labute approximate surface area is 235 Å². The van der Waals surface area contributed by atoms with Crippen molar-refractivity contribution in [2.24, 2.45) is 0 Å². The third-order valence-electron chi connectivity index (χ3n) is 7.26. The number of hydrogen-bond acceptors (Lipinski definition) is 0. The summed E-state index contributed by atoms with van der Waals surface area (Å²) in [5.41, 5.74) is 5.81. The Morgan fingerprint density at radius 1 is 0.579 bits per heavy atom. The number of aromatic nitrogens is 1. The molecule has 0 bridgehead atoms. The molecule has 0 aliphatic rings. The minimum absolute atomic E-state index is 0.942.